The first-order valence-electron chi connectivity index (χ1n) is 7.75. The summed E-state index contributed by atoms with van der Waals surface area (Å²) in [5.74, 6) is 1.60. The number of anilines is 1. The quantitative estimate of drug-likeness (QED) is 0.808. The summed E-state index contributed by atoms with van der Waals surface area (Å²) < 4.78 is 0. The van der Waals surface area contributed by atoms with Crippen molar-refractivity contribution >= 4 is 17.4 Å². The maximum Gasteiger partial charge on any atom is 0.147 e. The van der Waals surface area contributed by atoms with Crippen molar-refractivity contribution < 1.29 is 0 Å². The highest BCUT2D eigenvalue weighted by Crippen LogP contribution is 2.33. The van der Waals surface area contributed by atoms with Crippen LogP contribution in [0.1, 0.15) is 45.6 Å². The molecule has 0 aromatic carbocycles. The minimum absolute atomic E-state index is 0.573. The molecule has 1 aromatic rings. The fourth-order valence-corrected chi connectivity index (χ4v) is 3.23. The number of pyridine rings is 1. The van der Waals surface area contributed by atoms with Gasteiger partial charge in [0.2, 0.25) is 0 Å². The van der Waals surface area contributed by atoms with Gasteiger partial charge in [-0.1, -0.05) is 32.4 Å². The third-order valence-corrected chi connectivity index (χ3v) is 4.25. The molecule has 0 bridgehead atoms. The molecule has 0 aliphatic carbocycles. The van der Waals surface area contributed by atoms with Gasteiger partial charge in [0.1, 0.15) is 5.82 Å². The summed E-state index contributed by atoms with van der Waals surface area (Å²) in [5, 5.41) is 4.17. The molecule has 0 spiro atoms. The lowest BCUT2D eigenvalue weighted by Gasteiger charge is -2.29. The molecule has 2 rings (SSSR count). The van der Waals surface area contributed by atoms with Crippen LogP contribution in [0.15, 0.2) is 12.3 Å². The van der Waals surface area contributed by atoms with E-state index in [-0.39, 0.29) is 0 Å². The molecule has 0 amide bonds. The lowest BCUT2D eigenvalue weighted by Crippen LogP contribution is -2.34. The Bertz CT molecular complexity index is 434. The van der Waals surface area contributed by atoms with Gasteiger partial charge in [0.05, 0.1) is 5.02 Å². The predicted octanol–water partition coefficient (Wildman–Crippen LogP) is 3.86. The number of nitrogens with one attached hydrogen (secondary N) is 1. The minimum Gasteiger partial charge on any atom is -0.352 e. The molecular weight excluding hydrogens is 270 g/mol. The Morgan fingerprint density at radius 3 is 2.95 bits per heavy atom. The number of hydrogen-bond donors (Lipinski definition) is 1. The van der Waals surface area contributed by atoms with Crippen molar-refractivity contribution in [1.29, 1.82) is 0 Å². The number of rotatable bonds is 6. The molecule has 1 N–H and O–H groups in total. The highest BCUT2D eigenvalue weighted by molar-refractivity contribution is 6.33. The zero-order valence-corrected chi connectivity index (χ0v) is 13.6. The third-order valence-electron chi connectivity index (χ3n) is 3.98. The number of hydrogen-bond acceptors (Lipinski definition) is 3. The van der Waals surface area contributed by atoms with Gasteiger partial charge in [0.25, 0.3) is 0 Å². The van der Waals surface area contributed by atoms with Gasteiger partial charge in [-0.3, -0.25) is 0 Å². The van der Waals surface area contributed by atoms with Crippen LogP contribution in [0.4, 0.5) is 5.82 Å². The van der Waals surface area contributed by atoms with Crippen LogP contribution in [-0.4, -0.2) is 24.1 Å². The zero-order valence-electron chi connectivity index (χ0n) is 12.8. The Labute approximate surface area is 127 Å². The van der Waals surface area contributed by atoms with Crippen LogP contribution in [0.5, 0.6) is 0 Å². The Hall–Kier alpha value is -0.800. The molecule has 1 aromatic heterocycles. The zero-order chi connectivity index (χ0) is 14.5. The summed E-state index contributed by atoms with van der Waals surface area (Å²) in [4.78, 5) is 7.01. The molecule has 1 unspecified atom stereocenters. The first-order chi connectivity index (χ1) is 9.63. The van der Waals surface area contributed by atoms with Crippen LogP contribution < -0.4 is 10.2 Å². The van der Waals surface area contributed by atoms with Gasteiger partial charge in [0, 0.05) is 25.3 Å². The van der Waals surface area contributed by atoms with Gasteiger partial charge < -0.3 is 10.2 Å². The van der Waals surface area contributed by atoms with Gasteiger partial charge in [-0.15, -0.1) is 0 Å². The van der Waals surface area contributed by atoms with Crippen molar-refractivity contribution in [2.45, 2.75) is 52.6 Å². The molecular formula is C16H26ClN3. The van der Waals surface area contributed by atoms with Gasteiger partial charge in [-0.05, 0) is 43.4 Å². The molecule has 1 aliphatic rings. The summed E-state index contributed by atoms with van der Waals surface area (Å²) in [6.45, 7) is 9.67. The van der Waals surface area contributed by atoms with Crippen LogP contribution in [0.2, 0.25) is 5.02 Å². The van der Waals surface area contributed by atoms with Crippen molar-refractivity contribution in [2.24, 2.45) is 5.92 Å². The van der Waals surface area contributed by atoms with E-state index in [0.717, 1.165) is 42.5 Å². The second-order valence-electron chi connectivity index (χ2n) is 5.97. The topological polar surface area (TPSA) is 28.2 Å². The van der Waals surface area contributed by atoms with Crippen LogP contribution in [-0.2, 0) is 6.54 Å². The van der Waals surface area contributed by atoms with E-state index in [4.69, 9.17) is 11.6 Å². The maximum absolute atomic E-state index is 6.46. The van der Waals surface area contributed by atoms with Crippen LogP contribution in [0.3, 0.4) is 0 Å². The van der Waals surface area contributed by atoms with E-state index in [1.807, 2.05) is 6.20 Å². The second kappa shape index (κ2) is 7.28. The first kappa shape index (κ1) is 15.6. The van der Waals surface area contributed by atoms with Crippen molar-refractivity contribution in [3.05, 3.63) is 22.8 Å². The predicted molar refractivity (Wildman–Crippen MR) is 86.5 cm³/mol. The van der Waals surface area contributed by atoms with Gasteiger partial charge in [-0.2, -0.15) is 0 Å². The minimum atomic E-state index is 0.573. The van der Waals surface area contributed by atoms with E-state index in [1.54, 1.807) is 0 Å². The normalized spacial score (nSPS) is 19.1. The molecule has 1 aliphatic heterocycles. The van der Waals surface area contributed by atoms with E-state index < -0.39 is 0 Å². The smallest absolute Gasteiger partial charge is 0.147 e. The Morgan fingerprint density at radius 2 is 2.30 bits per heavy atom. The number of aromatic nitrogens is 1. The highest BCUT2D eigenvalue weighted by Gasteiger charge is 2.29. The monoisotopic (exact) mass is 295 g/mol. The molecule has 4 heteroatoms. The fraction of sp³-hybridized carbons (Fsp3) is 0.688. The molecule has 2 heterocycles. The van der Waals surface area contributed by atoms with E-state index in [9.17, 15) is 0 Å². The summed E-state index contributed by atoms with van der Waals surface area (Å²) in [7, 11) is 0. The summed E-state index contributed by atoms with van der Waals surface area (Å²) in [5.41, 5.74) is 1.16. The van der Waals surface area contributed by atoms with Gasteiger partial charge in [0.15, 0.2) is 0 Å². The largest absolute Gasteiger partial charge is 0.352 e. The average Bonchev–Trinajstić information content (AvgIpc) is 2.88. The van der Waals surface area contributed by atoms with Crippen LogP contribution in [0, 0.1) is 5.92 Å². The molecule has 1 saturated heterocycles. The van der Waals surface area contributed by atoms with Crippen molar-refractivity contribution in [3.63, 3.8) is 0 Å². The molecule has 1 fully saturated rings. The maximum atomic E-state index is 6.46. The molecule has 3 nitrogen and oxygen atoms in total. The van der Waals surface area contributed by atoms with Crippen LogP contribution in [0.25, 0.3) is 0 Å². The lowest BCUT2D eigenvalue weighted by molar-refractivity contribution is 0.489. The average molecular weight is 296 g/mol. The van der Waals surface area contributed by atoms with E-state index >= 15 is 0 Å². The molecule has 112 valence electrons. The molecule has 1 atom stereocenters. The second-order valence-corrected chi connectivity index (χ2v) is 6.38. The molecule has 0 radical (unpaired) electrons. The number of halogens is 1. The fourth-order valence-electron chi connectivity index (χ4n) is 2.94. The lowest BCUT2D eigenvalue weighted by atomic mass is 10.0. The summed E-state index contributed by atoms with van der Waals surface area (Å²) >= 11 is 6.46. The third kappa shape index (κ3) is 3.64. The Kier molecular flexibility index (Phi) is 5.67. The SMILES string of the molecule is CCCNCc1cnc(N2CCCC2C(C)C)c(Cl)c1. The summed E-state index contributed by atoms with van der Waals surface area (Å²) in [6.07, 6.45) is 5.58. The molecule has 20 heavy (non-hydrogen) atoms. The first-order valence-corrected chi connectivity index (χ1v) is 8.13. The van der Waals surface area contributed by atoms with Crippen molar-refractivity contribution in [3.8, 4) is 0 Å². The van der Waals surface area contributed by atoms with Gasteiger partial charge >= 0.3 is 0 Å². The van der Waals surface area contributed by atoms with Crippen LogP contribution >= 0.6 is 11.6 Å². The molecule has 0 saturated carbocycles. The Balaban J connectivity index is 2.09. The standard InChI is InChI=1S/C16H26ClN3/c1-4-7-18-10-13-9-14(17)16(19-11-13)20-8-5-6-15(20)12(2)3/h9,11-12,15,18H,4-8,10H2,1-3H3. The summed E-state index contributed by atoms with van der Waals surface area (Å²) in [6, 6.07) is 2.63. The van der Waals surface area contributed by atoms with Crippen molar-refractivity contribution in [1.82, 2.24) is 10.3 Å². The van der Waals surface area contributed by atoms with E-state index in [2.05, 4.69) is 42.0 Å². The van der Waals surface area contributed by atoms with Gasteiger partial charge in [-0.25, -0.2) is 4.98 Å². The van der Waals surface area contributed by atoms with E-state index in [1.165, 1.54) is 12.8 Å². The Morgan fingerprint density at radius 1 is 1.50 bits per heavy atom. The number of nitrogens with zero attached hydrogens (tertiary/aromatic N) is 2. The highest BCUT2D eigenvalue weighted by atomic mass is 35.5. The van der Waals surface area contributed by atoms with E-state index in [0.29, 0.717) is 12.0 Å². The van der Waals surface area contributed by atoms with Crippen molar-refractivity contribution in [2.75, 3.05) is 18.0 Å².